The van der Waals surface area contributed by atoms with Crippen molar-refractivity contribution in [2.45, 2.75) is 44.0 Å². The smallest absolute Gasteiger partial charge is 0.230 e. The molecule has 0 fully saturated rings. The number of aryl methyl sites for hydroxylation is 1. The number of anilines is 1. The van der Waals surface area contributed by atoms with Crippen molar-refractivity contribution >= 4 is 34.1 Å². The van der Waals surface area contributed by atoms with E-state index in [1.165, 1.54) is 28.7 Å². The lowest BCUT2D eigenvalue weighted by Gasteiger charge is -2.16. The highest BCUT2D eigenvalue weighted by Crippen LogP contribution is 2.25. The molecule has 0 spiro atoms. The standard InChI is InChI=1S/C17H24N4OS2/c1-4-5-10-18-16-20-21-17(24-16)23-11-15(22)19-13(3)14-9-7-6-8-12(14)2/h6-9,13H,4-5,10-11H2,1-3H3,(H,18,20)(H,19,22)/t13-/m1/s1. The fourth-order valence-electron chi connectivity index (χ4n) is 2.27. The van der Waals surface area contributed by atoms with Crippen molar-refractivity contribution in [2.75, 3.05) is 17.6 Å². The van der Waals surface area contributed by atoms with E-state index in [0.717, 1.165) is 34.4 Å². The van der Waals surface area contributed by atoms with Crippen LogP contribution in [0, 0.1) is 6.92 Å². The number of rotatable bonds is 9. The number of carbonyl (C=O) groups excluding carboxylic acids is 1. The van der Waals surface area contributed by atoms with E-state index in [1.807, 2.05) is 25.1 Å². The first-order valence-electron chi connectivity index (χ1n) is 8.15. The molecule has 0 aliphatic heterocycles. The van der Waals surface area contributed by atoms with Crippen molar-refractivity contribution in [1.82, 2.24) is 15.5 Å². The van der Waals surface area contributed by atoms with Gasteiger partial charge in [0.05, 0.1) is 11.8 Å². The second-order valence-electron chi connectivity index (χ2n) is 5.59. The Kier molecular flexibility index (Phi) is 7.52. The Morgan fingerprint density at radius 2 is 2.12 bits per heavy atom. The highest BCUT2D eigenvalue weighted by Gasteiger charge is 2.13. The van der Waals surface area contributed by atoms with Crippen LogP contribution in [0.2, 0.25) is 0 Å². The van der Waals surface area contributed by atoms with Crippen LogP contribution in [0.25, 0.3) is 0 Å². The molecular formula is C17H24N4OS2. The topological polar surface area (TPSA) is 66.9 Å². The van der Waals surface area contributed by atoms with Crippen LogP contribution in [0.3, 0.4) is 0 Å². The molecule has 0 aliphatic rings. The highest BCUT2D eigenvalue weighted by atomic mass is 32.2. The maximum Gasteiger partial charge on any atom is 0.230 e. The Labute approximate surface area is 151 Å². The predicted octanol–water partition coefficient (Wildman–Crippen LogP) is 4.03. The normalized spacial score (nSPS) is 12.0. The van der Waals surface area contributed by atoms with Crippen LogP contribution in [0.1, 0.15) is 43.9 Å². The van der Waals surface area contributed by atoms with Crippen molar-refractivity contribution in [2.24, 2.45) is 0 Å². The second-order valence-corrected chi connectivity index (χ2v) is 7.79. The summed E-state index contributed by atoms with van der Waals surface area (Å²) in [7, 11) is 0. The molecule has 0 radical (unpaired) electrons. The number of amides is 1. The van der Waals surface area contributed by atoms with E-state index in [4.69, 9.17) is 0 Å². The summed E-state index contributed by atoms with van der Waals surface area (Å²) < 4.78 is 0.813. The summed E-state index contributed by atoms with van der Waals surface area (Å²) >= 11 is 2.92. The molecule has 1 aromatic heterocycles. The number of benzene rings is 1. The van der Waals surface area contributed by atoms with Crippen LogP contribution in [-0.4, -0.2) is 28.4 Å². The Bertz CT molecular complexity index is 660. The van der Waals surface area contributed by atoms with Gasteiger partial charge < -0.3 is 10.6 Å². The molecule has 0 aliphatic carbocycles. The maximum atomic E-state index is 12.1. The minimum atomic E-state index is -0.00000798. The molecule has 2 rings (SSSR count). The molecule has 1 heterocycles. The average molecular weight is 365 g/mol. The fourth-order valence-corrected chi connectivity index (χ4v) is 3.86. The van der Waals surface area contributed by atoms with Crippen LogP contribution in [0.15, 0.2) is 28.6 Å². The Hall–Kier alpha value is -1.60. The van der Waals surface area contributed by atoms with Crippen molar-refractivity contribution < 1.29 is 4.79 Å². The minimum Gasteiger partial charge on any atom is -0.360 e. The van der Waals surface area contributed by atoms with Crippen LogP contribution in [-0.2, 0) is 4.79 Å². The lowest BCUT2D eigenvalue weighted by molar-refractivity contribution is -0.119. The monoisotopic (exact) mass is 364 g/mol. The molecule has 0 saturated heterocycles. The summed E-state index contributed by atoms with van der Waals surface area (Å²) in [5, 5.41) is 15.3. The zero-order valence-electron chi connectivity index (χ0n) is 14.3. The molecular weight excluding hydrogens is 340 g/mol. The first kappa shape index (κ1) is 18.7. The van der Waals surface area contributed by atoms with E-state index in [-0.39, 0.29) is 11.9 Å². The molecule has 1 aromatic carbocycles. The van der Waals surface area contributed by atoms with Gasteiger partial charge in [0.15, 0.2) is 4.34 Å². The SMILES string of the molecule is CCCCNc1nnc(SCC(=O)N[C@H](C)c2ccccc2C)s1. The molecule has 24 heavy (non-hydrogen) atoms. The molecule has 0 saturated carbocycles. The Balaban J connectivity index is 1.78. The summed E-state index contributed by atoms with van der Waals surface area (Å²) in [4.78, 5) is 12.1. The quantitative estimate of drug-likeness (QED) is 0.519. The van der Waals surface area contributed by atoms with Crippen LogP contribution in [0.4, 0.5) is 5.13 Å². The van der Waals surface area contributed by atoms with Gasteiger partial charge in [-0.2, -0.15) is 0 Å². The minimum absolute atomic E-state index is 0.00000798. The lowest BCUT2D eigenvalue weighted by Crippen LogP contribution is -2.28. The third-order valence-electron chi connectivity index (χ3n) is 3.57. The van der Waals surface area contributed by atoms with Crippen LogP contribution in [0.5, 0.6) is 0 Å². The van der Waals surface area contributed by atoms with E-state index in [9.17, 15) is 4.79 Å². The van der Waals surface area contributed by atoms with Crippen molar-refractivity contribution in [1.29, 1.82) is 0 Å². The van der Waals surface area contributed by atoms with Gasteiger partial charge in [-0.3, -0.25) is 4.79 Å². The lowest BCUT2D eigenvalue weighted by atomic mass is 10.0. The van der Waals surface area contributed by atoms with E-state index < -0.39 is 0 Å². The van der Waals surface area contributed by atoms with Gasteiger partial charge in [-0.15, -0.1) is 10.2 Å². The maximum absolute atomic E-state index is 12.1. The van der Waals surface area contributed by atoms with Crippen molar-refractivity contribution in [3.05, 3.63) is 35.4 Å². The molecule has 2 N–H and O–H groups in total. The summed E-state index contributed by atoms with van der Waals surface area (Å²) in [6.45, 7) is 7.12. The van der Waals surface area contributed by atoms with E-state index in [2.05, 4.69) is 40.7 Å². The van der Waals surface area contributed by atoms with Gasteiger partial charge in [-0.05, 0) is 31.4 Å². The molecule has 1 atom stereocenters. The van der Waals surface area contributed by atoms with Gasteiger partial charge in [0.1, 0.15) is 0 Å². The molecule has 2 aromatic rings. The van der Waals surface area contributed by atoms with Crippen LogP contribution >= 0.6 is 23.1 Å². The number of hydrogen-bond donors (Lipinski definition) is 2. The third kappa shape index (κ3) is 5.79. The van der Waals surface area contributed by atoms with Crippen molar-refractivity contribution in [3.8, 4) is 0 Å². The molecule has 0 unspecified atom stereocenters. The molecule has 0 bridgehead atoms. The van der Waals surface area contributed by atoms with Gasteiger partial charge in [0.25, 0.3) is 0 Å². The zero-order chi connectivity index (χ0) is 17.4. The summed E-state index contributed by atoms with van der Waals surface area (Å²) in [6.07, 6.45) is 2.26. The Morgan fingerprint density at radius 3 is 2.88 bits per heavy atom. The number of nitrogens with one attached hydrogen (secondary N) is 2. The van der Waals surface area contributed by atoms with E-state index in [0.29, 0.717) is 5.75 Å². The fraction of sp³-hybridized carbons (Fsp3) is 0.471. The van der Waals surface area contributed by atoms with Gasteiger partial charge in [-0.25, -0.2) is 0 Å². The highest BCUT2D eigenvalue weighted by molar-refractivity contribution is 8.01. The van der Waals surface area contributed by atoms with Gasteiger partial charge in [-0.1, -0.05) is 60.7 Å². The number of nitrogens with zero attached hydrogens (tertiary/aromatic N) is 2. The number of carbonyl (C=O) groups is 1. The van der Waals surface area contributed by atoms with Gasteiger partial charge >= 0.3 is 0 Å². The Morgan fingerprint density at radius 1 is 1.33 bits per heavy atom. The first-order chi connectivity index (χ1) is 11.6. The van der Waals surface area contributed by atoms with E-state index in [1.54, 1.807) is 0 Å². The molecule has 130 valence electrons. The number of thioether (sulfide) groups is 1. The van der Waals surface area contributed by atoms with Crippen LogP contribution < -0.4 is 10.6 Å². The zero-order valence-corrected chi connectivity index (χ0v) is 16.0. The number of unbranched alkanes of at least 4 members (excludes halogenated alkanes) is 1. The van der Waals surface area contributed by atoms with Gasteiger partial charge in [0.2, 0.25) is 11.0 Å². The van der Waals surface area contributed by atoms with Crippen molar-refractivity contribution in [3.63, 3.8) is 0 Å². The molecule has 7 heteroatoms. The summed E-state index contributed by atoms with van der Waals surface area (Å²) in [5.74, 6) is 0.353. The van der Waals surface area contributed by atoms with Gasteiger partial charge in [0, 0.05) is 6.54 Å². The number of hydrogen-bond acceptors (Lipinski definition) is 6. The largest absolute Gasteiger partial charge is 0.360 e. The average Bonchev–Trinajstić information content (AvgIpc) is 3.01. The second kappa shape index (κ2) is 9.64. The van der Waals surface area contributed by atoms with E-state index >= 15 is 0 Å². The predicted molar refractivity (Wildman–Crippen MR) is 102 cm³/mol. The first-order valence-corrected chi connectivity index (χ1v) is 9.95. The summed E-state index contributed by atoms with van der Waals surface area (Å²) in [6, 6.07) is 8.10. The third-order valence-corrected chi connectivity index (χ3v) is 5.59. The number of aromatic nitrogens is 2. The summed E-state index contributed by atoms with van der Waals surface area (Å²) in [5.41, 5.74) is 2.33. The molecule has 5 nitrogen and oxygen atoms in total. The molecule has 1 amide bonds.